The maximum atomic E-state index is 12.4. The van der Waals surface area contributed by atoms with Gasteiger partial charge >= 0.3 is 11.9 Å². The summed E-state index contributed by atoms with van der Waals surface area (Å²) >= 11 is 0. The van der Waals surface area contributed by atoms with Crippen LogP contribution in [0.15, 0.2) is 11.1 Å². The van der Waals surface area contributed by atoms with Gasteiger partial charge in [-0.15, -0.1) is 0 Å². The third-order valence-corrected chi connectivity index (χ3v) is 5.24. The molecule has 5 nitrogen and oxygen atoms in total. The number of ketones is 1. The van der Waals surface area contributed by atoms with E-state index in [0.717, 1.165) is 51.4 Å². The largest absolute Gasteiger partial charge is 0.478 e. The fourth-order valence-electron chi connectivity index (χ4n) is 3.97. The lowest BCUT2D eigenvalue weighted by atomic mass is 9.79. The summed E-state index contributed by atoms with van der Waals surface area (Å²) in [4.78, 5) is 35.7. The second-order valence-corrected chi connectivity index (χ2v) is 6.82. The van der Waals surface area contributed by atoms with Gasteiger partial charge in [-0.3, -0.25) is 4.79 Å². The van der Waals surface area contributed by atoms with E-state index in [1.54, 1.807) is 0 Å². The van der Waals surface area contributed by atoms with Gasteiger partial charge in [-0.1, -0.05) is 38.5 Å². The third-order valence-electron chi connectivity index (χ3n) is 5.24. The molecule has 2 rings (SSSR count). The average Bonchev–Trinajstić information content (AvgIpc) is 2.55. The molecule has 0 bridgehead atoms. The Morgan fingerprint density at radius 3 is 1.61 bits per heavy atom. The van der Waals surface area contributed by atoms with Crippen LogP contribution < -0.4 is 0 Å². The van der Waals surface area contributed by atoms with Crippen LogP contribution in [0, 0.1) is 11.8 Å². The maximum absolute atomic E-state index is 12.4. The molecule has 0 aromatic carbocycles. The molecule has 0 unspecified atom stereocenters. The first kappa shape index (κ1) is 17.7. The molecule has 0 heterocycles. The lowest BCUT2D eigenvalue weighted by Crippen LogP contribution is -2.25. The summed E-state index contributed by atoms with van der Waals surface area (Å²) in [6.07, 6.45) is 8.80. The van der Waals surface area contributed by atoms with Gasteiger partial charge in [-0.2, -0.15) is 0 Å². The standard InChI is InChI=1S/C18H26O5/c19-15(12-7-3-1-4-8-12)11-14(17(20)21)16(18(22)23)13-9-5-2-6-10-13/h12-13H,1-11H2,(H,20,21)(H,22,23)/b16-14+. The quantitative estimate of drug-likeness (QED) is 0.729. The Kier molecular flexibility index (Phi) is 6.37. The van der Waals surface area contributed by atoms with Gasteiger partial charge < -0.3 is 10.2 Å². The molecule has 128 valence electrons. The van der Waals surface area contributed by atoms with E-state index in [0.29, 0.717) is 12.8 Å². The van der Waals surface area contributed by atoms with Crippen LogP contribution in [0.1, 0.15) is 70.6 Å². The van der Waals surface area contributed by atoms with Crippen molar-refractivity contribution < 1.29 is 24.6 Å². The lowest BCUT2D eigenvalue weighted by Gasteiger charge is -2.25. The van der Waals surface area contributed by atoms with Crippen molar-refractivity contribution >= 4 is 17.7 Å². The van der Waals surface area contributed by atoms with Crippen LogP contribution in [-0.2, 0) is 14.4 Å². The SMILES string of the molecule is O=C(O)/C(CC(=O)C1CCCCC1)=C(/C(=O)O)C1CCCCC1. The fourth-order valence-corrected chi connectivity index (χ4v) is 3.97. The second-order valence-electron chi connectivity index (χ2n) is 6.82. The molecule has 0 spiro atoms. The summed E-state index contributed by atoms with van der Waals surface area (Å²) in [5.41, 5.74) is -0.207. The van der Waals surface area contributed by atoms with E-state index in [4.69, 9.17) is 0 Å². The molecular formula is C18H26O5. The van der Waals surface area contributed by atoms with E-state index in [2.05, 4.69) is 0 Å². The minimum atomic E-state index is -1.25. The first-order valence-corrected chi connectivity index (χ1v) is 8.73. The van der Waals surface area contributed by atoms with Crippen molar-refractivity contribution in [2.45, 2.75) is 70.6 Å². The predicted octanol–water partition coefficient (Wildman–Crippen LogP) is 3.57. The Labute approximate surface area is 136 Å². The molecule has 2 aliphatic carbocycles. The van der Waals surface area contributed by atoms with Gasteiger partial charge in [-0.05, 0) is 31.6 Å². The predicted molar refractivity (Wildman–Crippen MR) is 85.1 cm³/mol. The van der Waals surface area contributed by atoms with Crippen LogP contribution in [-0.4, -0.2) is 27.9 Å². The molecule has 0 amide bonds. The van der Waals surface area contributed by atoms with Crippen LogP contribution in [0.3, 0.4) is 0 Å². The van der Waals surface area contributed by atoms with Crippen molar-refractivity contribution in [3.05, 3.63) is 11.1 Å². The zero-order valence-electron chi connectivity index (χ0n) is 13.6. The Morgan fingerprint density at radius 1 is 0.696 bits per heavy atom. The number of carbonyl (C=O) groups is 3. The van der Waals surface area contributed by atoms with E-state index >= 15 is 0 Å². The van der Waals surface area contributed by atoms with Gasteiger partial charge in [0, 0.05) is 12.3 Å². The first-order chi connectivity index (χ1) is 11.0. The van der Waals surface area contributed by atoms with Gasteiger partial charge in [0.15, 0.2) is 0 Å². The lowest BCUT2D eigenvalue weighted by molar-refractivity contribution is -0.137. The Hall–Kier alpha value is -1.65. The molecule has 2 fully saturated rings. The monoisotopic (exact) mass is 322 g/mol. The number of carboxylic acid groups (broad SMARTS) is 2. The van der Waals surface area contributed by atoms with Gasteiger partial charge in [0.2, 0.25) is 0 Å². The summed E-state index contributed by atoms with van der Waals surface area (Å²) in [6, 6.07) is 0. The molecule has 23 heavy (non-hydrogen) atoms. The number of carbonyl (C=O) groups excluding carboxylic acids is 1. The van der Waals surface area contributed by atoms with Gasteiger partial charge in [0.05, 0.1) is 11.1 Å². The zero-order chi connectivity index (χ0) is 16.8. The average molecular weight is 322 g/mol. The minimum Gasteiger partial charge on any atom is -0.478 e. The summed E-state index contributed by atoms with van der Waals surface area (Å²) < 4.78 is 0. The van der Waals surface area contributed by atoms with Crippen molar-refractivity contribution in [1.29, 1.82) is 0 Å². The topological polar surface area (TPSA) is 91.7 Å². The van der Waals surface area contributed by atoms with Crippen molar-refractivity contribution in [2.75, 3.05) is 0 Å². The van der Waals surface area contributed by atoms with Crippen molar-refractivity contribution in [2.24, 2.45) is 11.8 Å². The van der Waals surface area contributed by atoms with E-state index in [1.165, 1.54) is 0 Å². The van der Waals surface area contributed by atoms with Crippen LogP contribution >= 0.6 is 0 Å². The van der Waals surface area contributed by atoms with Crippen molar-refractivity contribution in [1.82, 2.24) is 0 Å². The van der Waals surface area contributed by atoms with Gasteiger partial charge in [0.1, 0.15) is 5.78 Å². The Morgan fingerprint density at radius 2 is 1.17 bits per heavy atom. The smallest absolute Gasteiger partial charge is 0.332 e. The van der Waals surface area contributed by atoms with Crippen molar-refractivity contribution in [3.63, 3.8) is 0 Å². The van der Waals surface area contributed by atoms with Gasteiger partial charge in [-0.25, -0.2) is 9.59 Å². The molecule has 2 N–H and O–H groups in total. The highest BCUT2D eigenvalue weighted by molar-refractivity contribution is 6.03. The van der Waals surface area contributed by atoms with Crippen LogP contribution in [0.25, 0.3) is 0 Å². The van der Waals surface area contributed by atoms with E-state index < -0.39 is 11.9 Å². The zero-order valence-corrected chi connectivity index (χ0v) is 13.6. The highest BCUT2D eigenvalue weighted by Gasteiger charge is 2.31. The summed E-state index contributed by atoms with van der Waals surface area (Å²) in [5, 5.41) is 19.0. The number of aliphatic carboxylic acids is 2. The van der Waals surface area contributed by atoms with Gasteiger partial charge in [0.25, 0.3) is 0 Å². The minimum absolute atomic E-state index is 0.0265. The molecule has 0 radical (unpaired) electrons. The molecule has 0 aromatic rings. The fraction of sp³-hybridized carbons (Fsp3) is 0.722. The normalized spacial score (nSPS) is 21.6. The summed E-state index contributed by atoms with van der Waals surface area (Å²) in [5.74, 6) is -2.86. The molecule has 0 aliphatic heterocycles. The summed E-state index contributed by atoms with van der Waals surface area (Å²) in [6.45, 7) is 0. The number of hydrogen-bond acceptors (Lipinski definition) is 3. The molecule has 5 heteroatoms. The Bertz CT molecular complexity index is 494. The van der Waals surface area contributed by atoms with E-state index in [9.17, 15) is 24.6 Å². The maximum Gasteiger partial charge on any atom is 0.332 e. The highest BCUT2D eigenvalue weighted by atomic mass is 16.4. The Balaban J connectivity index is 2.22. The molecule has 0 saturated heterocycles. The molecule has 2 saturated carbocycles. The first-order valence-electron chi connectivity index (χ1n) is 8.73. The molecule has 0 atom stereocenters. The molecular weight excluding hydrogens is 296 g/mol. The van der Waals surface area contributed by atoms with E-state index in [1.807, 2.05) is 0 Å². The number of Topliss-reactive ketones (excluding diaryl/α,β-unsaturated/α-hetero) is 1. The second kappa shape index (κ2) is 8.27. The molecule has 0 aromatic heterocycles. The van der Waals surface area contributed by atoms with Crippen LogP contribution in [0.4, 0.5) is 0 Å². The van der Waals surface area contributed by atoms with Crippen LogP contribution in [0.5, 0.6) is 0 Å². The number of rotatable bonds is 6. The van der Waals surface area contributed by atoms with Crippen molar-refractivity contribution in [3.8, 4) is 0 Å². The van der Waals surface area contributed by atoms with E-state index in [-0.39, 0.29) is 35.2 Å². The summed E-state index contributed by atoms with van der Waals surface area (Å²) in [7, 11) is 0. The third kappa shape index (κ3) is 4.66. The molecule has 2 aliphatic rings. The highest BCUT2D eigenvalue weighted by Crippen LogP contribution is 2.34. The number of carboxylic acids is 2. The van der Waals surface area contributed by atoms with Crippen LogP contribution in [0.2, 0.25) is 0 Å². The number of hydrogen-bond donors (Lipinski definition) is 2.